The molecule has 1 atom stereocenters. The Hall–Kier alpha value is -0.870. The van der Waals surface area contributed by atoms with E-state index in [1.54, 1.807) is 6.92 Å². The van der Waals surface area contributed by atoms with Crippen LogP contribution < -0.4 is 5.32 Å². The Bertz CT molecular complexity index is 695. The van der Waals surface area contributed by atoms with Crippen LogP contribution in [0.15, 0.2) is 29.3 Å². The fourth-order valence-electron chi connectivity index (χ4n) is 2.84. The van der Waals surface area contributed by atoms with E-state index in [0.717, 1.165) is 19.0 Å². The van der Waals surface area contributed by atoms with E-state index in [0.29, 0.717) is 13.2 Å². The van der Waals surface area contributed by atoms with E-state index in [1.165, 1.54) is 11.1 Å². The molecule has 1 fully saturated rings. The summed E-state index contributed by atoms with van der Waals surface area (Å²) in [5, 5.41) is 3.27. The summed E-state index contributed by atoms with van der Waals surface area (Å²) in [5.74, 6) is 1.01. The topological polar surface area (TPSA) is 71.0 Å². The van der Waals surface area contributed by atoms with Crippen LogP contribution in [0.3, 0.4) is 0 Å². The summed E-state index contributed by atoms with van der Waals surface area (Å²) in [5.41, 5.74) is 2.40. The van der Waals surface area contributed by atoms with Crippen molar-refractivity contribution in [1.29, 1.82) is 0 Å². The molecule has 1 heterocycles. The number of ether oxygens (including phenoxy) is 1. The number of hydrogen-bond acceptors (Lipinski definition) is 4. The van der Waals surface area contributed by atoms with Crippen LogP contribution >= 0.6 is 24.0 Å². The zero-order valence-corrected chi connectivity index (χ0v) is 18.9. The first-order valence-corrected chi connectivity index (χ1v) is 10.7. The number of sulfone groups is 1. The highest BCUT2D eigenvalue weighted by Crippen LogP contribution is 2.24. The molecule has 1 aliphatic rings. The van der Waals surface area contributed by atoms with Gasteiger partial charge in [0.15, 0.2) is 15.8 Å². The Labute approximate surface area is 174 Å². The highest BCUT2D eigenvalue weighted by atomic mass is 127. The van der Waals surface area contributed by atoms with E-state index in [1.807, 2.05) is 19.1 Å². The number of nitrogens with zero attached hydrogens (tertiary/aromatic N) is 2. The van der Waals surface area contributed by atoms with Crippen molar-refractivity contribution in [3.8, 4) is 0 Å². The first-order valence-electron chi connectivity index (χ1n) is 8.87. The number of benzene rings is 1. The normalized spacial score (nSPS) is 18.3. The summed E-state index contributed by atoms with van der Waals surface area (Å²) in [6.45, 7) is 8.86. The maximum absolute atomic E-state index is 11.7. The summed E-state index contributed by atoms with van der Waals surface area (Å²) >= 11 is 0. The summed E-state index contributed by atoms with van der Waals surface area (Å²) in [6, 6.07) is 8.24. The monoisotopic (exact) mass is 495 g/mol. The number of rotatable bonds is 6. The van der Waals surface area contributed by atoms with Gasteiger partial charge in [-0.15, -0.1) is 24.0 Å². The smallest absolute Gasteiger partial charge is 0.194 e. The maximum atomic E-state index is 11.7. The molecule has 6 nitrogen and oxygen atoms in total. The van der Waals surface area contributed by atoms with E-state index in [2.05, 4.69) is 34.3 Å². The van der Waals surface area contributed by atoms with Crippen molar-refractivity contribution in [1.82, 2.24) is 10.2 Å². The minimum absolute atomic E-state index is 0. The van der Waals surface area contributed by atoms with Gasteiger partial charge in [-0.05, 0) is 25.0 Å². The number of aliphatic imine (C=N–C) groups is 1. The van der Waals surface area contributed by atoms with Crippen LogP contribution in [-0.2, 0) is 14.6 Å². The van der Waals surface area contributed by atoms with Crippen LogP contribution in [0.5, 0.6) is 0 Å². The fraction of sp³-hybridized carbons (Fsp3) is 0.611. The molecule has 0 amide bonds. The van der Waals surface area contributed by atoms with Gasteiger partial charge in [-0.2, -0.15) is 0 Å². The molecule has 0 bridgehead atoms. The quantitative estimate of drug-likeness (QED) is 0.373. The van der Waals surface area contributed by atoms with Crippen LogP contribution in [0.25, 0.3) is 0 Å². The van der Waals surface area contributed by atoms with Crippen molar-refractivity contribution in [3.63, 3.8) is 0 Å². The van der Waals surface area contributed by atoms with Crippen molar-refractivity contribution in [2.75, 3.05) is 44.3 Å². The van der Waals surface area contributed by atoms with Crippen molar-refractivity contribution >= 4 is 39.8 Å². The van der Waals surface area contributed by atoms with Crippen molar-refractivity contribution in [2.45, 2.75) is 26.9 Å². The molecule has 1 aromatic carbocycles. The zero-order valence-electron chi connectivity index (χ0n) is 15.8. The predicted molar refractivity (Wildman–Crippen MR) is 117 cm³/mol. The van der Waals surface area contributed by atoms with Gasteiger partial charge in [-0.1, -0.05) is 31.2 Å². The molecule has 8 heteroatoms. The largest absolute Gasteiger partial charge is 0.370 e. The van der Waals surface area contributed by atoms with Crippen LogP contribution in [0.2, 0.25) is 0 Å². The number of morpholine rings is 1. The molecule has 1 aliphatic heterocycles. The molecule has 1 unspecified atom stereocenters. The van der Waals surface area contributed by atoms with E-state index in [-0.39, 0.29) is 48.1 Å². The Kier molecular flexibility index (Phi) is 9.88. The van der Waals surface area contributed by atoms with Gasteiger partial charge >= 0.3 is 0 Å². The number of guanidine groups is 1. The number of nitrogens with one attached hydrogen (secondary N) is 1. The molecule has 26 heavy (non-hydrogen) atoms. The maximum Gasteiger partial charge on any atom is 0.194 e. The first-order chi connectivity index (χ1) is 12.0. The van der Waals surface area contributed by atoms with Gasteiger partial charge in [-0.3, -0.25) is 4.99 Å². The van der Waals surface area contributed by atoms with Crippen molar-refractivity contribution < 1.29 is 13.2 Å². The summed E-state index contributed by atoms with van der Waals surface area (Å²) < 4.78 is 29.3. The third kappa shape index (κ3) is 6.70. The highest BCUT2D eigenvalue weighted by molar-refractivity contribution is 14.0. The lowest BCUT2D eigenvalue weighted by Crippen LogP contribution is -2.48. The SMILES string of the molecule is CCNC(=NCCS(=O)(=O)CC)N1CCOC(c2ccccc2C)C1.I. The van der Waals surface area contributed by atoms with E-state index >= 15 is 0 Å². The molecule has 0 spiro atoms. The first kappa shape index (κ1) is 23.2. The minimum atomic E-state index is -3.00. The van der Waals surface area contributed by atoms with Gasteiger partial charge in [-0.25, -0.2) is 8.42 Å². The second-order valence-electron chi connectivity index (χ2n) is 6.13. The standard InChI is InChI=1S/C18H29N3O3S.HI/c1-4-19-18(20-10-13-25(22,23)5-2)21-11-12-24-17(14-21)16-9-7-6-8-15(16)3;/h6-9,17H,4-5,10-14H2,1-3H3,(H,19,20);1H. The van der Waals surface area contributed by atoms with Gasteiger partial charge in [0.25, 0.3) is 0 Å². The molecular weight excluding hydrogens is 465 g/mol. The minimum Gasteiger partial charge on any atom is -0.370 e. The van der Waals surface area contributed by atoms with Crippen LogP contribution in [0, 0.1) is 6.92 Å². The Morgan fingerprint density at radius 2 is 2.08 bits per heavy atom. The molecule has 148 valence electrons. The lowest BCUT2D eigenvalue weighted by molar-refractivity contribution is -0.00831. The van der Waals surface area contributed by atoms with E-state index in [9.17, 15) is 8.42 Å². The molecule has 1 saturated heterocycles. The van der Waals surface area contributed by atoms with Gasteiger partial charge < -0.3 is 15.0 Å². The van der Waals surface area contributed by atoms with E-state index < -0.39 is 9.84 Å². The highest BCUT2D eigenvalue weighted by Gasteiger charge is 2.25. The van der Waals surface area contributed by atoms with Gasteiger partial charge in [0.1, 0.15) is 6.10 Å². The molecule has 1 aromatic rings. The number of aryl methyl sites for hydroxylation is 1. The molecule has 2 rings (SSSR count). The number of halogens is 1. The summed E-state index contributed by atoms with van der Waals surface area (Å²) in [4.78, 5) is 6.67. The van der Waals surface area contributed by atoms with Gasteiger partial charge in [0.2, 0.25) is 0 Å². The van der Waals surface area contributed by atoms with Crippen LogP contribution in [0.4, 0.5) is 0 Å². The third-order valence-corrected chi connectivity index (χ3v) is 6.02. The molecule has 0 radical (unpaired) electrons. The lowest BCUT2D eigenvalue weighted by Gasteiger charge is -2.35. The van der Waals surface area contributed by atoms with Crippen LogP contribution in [-0.4, -0.2) is 63.6 Å². The molecule has 0 saturated carbocycles. The average Bonchev–Trinajstić information content (AvgIpc) is 2.61. The molecule has 1 N–H and O–H groups in total. The van der Waals surface area contributed by atoms with Crippen molar-refractivity contribution in [3.05, 3.63) is 35.4 Å². The summed E-state index contributed by atoms with van der Waals surface area (Å²) in [7, 11) is -3.00. The summed E-state index contributed by atoms with van der Waals surface area (Å²) in [6.07, 6.45) is -0.00168. The lowest BCUT2D eigenvalue weighted by atomic mass is 10.0. The number of hydrogen-bond donors (Lipinski definition) is 1. The fourth-order valence-corrected chi connectivity index (χ4v) is 3.50. The molecule has 0 aliphatic carbocycles. The zero-order chi connectivity index (χ0) is 18.3. The Balaban J connectivity index is 0.00000338. The molecular formula is C18H30IN3O3S. The average molecular weight is 495 g/mol. The van der Waals surface area contributed by atoms with Crippen molar-refractivity contribution in [2.24, 2.45) is 4.99 Å². The van der Waals surface area contributed by atoms with Crippen LogP contribution in [0.1, 0.15) is 31.1 Å². The molecule has 0 aromatic heterocycles. The predicted octanol–water partition coefficient (Wildman–Crippen LogP) is 2.39. The third-order valence-electron chi connectivity index (χ3n) is 4.34. The second kappa shape index (κ2) is 11.1. The van der Waals surface area contributed by atoms with Gasteiger partial charge in [0, 0.05) is 18.8 Å². The Morgan fingerprint density at radius 3 is 2.73 bits per heavy atom. The Morgan fingerprint density at radius 1 is 1.35 bits per heavy atom. The second-order valence-corrected chi connectivity index (χ2v) is 8.61. The van der Waals surface area contributed by atoms with E-state index in [4.69, 9.17) is 4.74 Å². The van der Waals surface area contributed by atoms with Gasteiger partial charge in [0.05, 0.1) is 25.4 Å².